The number of nitrogens with zero attached hydrogens (tertiary/aromatic N) is 2. The molecule has 6 nitrogen and oxygen atoms in total. The number of para-hydroxylation sites is 1. The summed E-state index contributed by atoms with van der Waals surface area (Å²) in [6.45, 7) is 3.35. The normalized spacial score (nSPS) is 15.2. The van der Waals surface area contributed by atoms with Gasteiger partial charge in [-0.3, -0.25) is 9.59 Å². The van der Waals surface area contributed by atoms with Gasteiger partial charge in [0.25, 0.3) is 11.8 Å². The zero-order valence-electron chi connectivity index (χ0n) is 16.0. The van der Waals surface area contributed by atoms with E-state index in [0.717, 1.165) is 18.0 Å². The summed E-state index contributed by atoms with van der Waals surface area (Å²) in [6, 6.07) is 15.9. The predicted octanol–water partition coefficient (Wildman–Crippen LogP) is 0.628. The Labute approximate surface area is 164 Å². The van der Waals surface area contributed by atoms with E-state index < -0.39 is 5.82 Å². The molecule has 2 aromatic carbocycles. The van der Waals surface area contributed by atoms with Gasteiger partial charge in [0.1, 0.15) is 5.82 Å². The summed E-state index contributed by atoms with van der Waals surface area (Å²) in [5.74, 6) is -0.600. The van der Waals surface area contributed by atoms with Crippen LogP contribution in [0, 0.1) is 5.82 Å². The van der Waals surface area contributed by atoms with Crippen LogP contribution in [0.4, 0.5) is 15.8 Å². The number of carbonyl (C=O) groups excluding carboxylic acids is 2. The molecule has 2 amide bonds. The average molecular weight is 385 g/mol. The molecule has 28 heavy (non-hydrogen) atoms. The highest BCUT2D eigenvalue weighted by atomic mass is 19.1. The van der Waals surface area contributed by atoms with Gasteiger partial charge in [0, 0.05) is 37.6 Å². The van der Waals surface area contributed by atoms with E-state index in [1.807, 2.05) is 30.1 Å². The number of benzene rings is 2. The van der Waals surface area contributed by atoms with Gasteiger partial charge in [-0.25, -0.2) is 4.39 Å². The quantitative estimate of drug-likeness (QED) is 0.767. The third kappa shape index (κ3) is 5.53. The van der Waals surface area contributed by atoms with E-state index in [1.54, 1.807) is 12.1 Å². The Kier molecular flexibility index (Phi) is 6.60. The van der Waals surface area contributed by atoms with Gasteiger partial charge in [-0.05, 0) is 30.3 Å². The van der Waals surface area contributed by atoms with Crippen LogP contribution in [0.5, 0.6) is 0 Å². The molecule has 1 unspecified atom stereocenters. The van der Waals surface area contributed by atoms with Crippen molar-refractivity contribution in [2.45, 2.75) is 0 Å². The average Bonchev–Trinajstić information content (AvgIpc) is 2.68. The fraction of sp³-hybridized carbons (Fsp3) is 0.333. The van der Waals surface area contributed by atoms with Gasteiger partial charge >= 0.3 is 0 Å². The number of anilines is 2. The minimum absolute atomic E-state index is 0.0452. The van der Waals surface area contributed by atoms with Crippen LogP contribution in [-0.4, -0.2) is 63.0 Å². The number of carbonyl (C=O) groups is 2. The van der Waals surface area contributed by atoms with Crippen molar-refractivity contribution < 1.29 is 18.9 Å². The monoisotopic (exact) mass is 385 g/mol. The number of halogens is 1. The Morgan fingerprint density at radius 1 is 1.00 bits per heavy atom. The molecular weight excluding hydrogens is 359 g/mol. The number of likely N-dealkylation sites (N-methyl/N-ethyl adjacent to an activating group) is 1. The first-order valence-electron chi connectivity index (χ1n) is 9.46. The first-order chi connectivity index (χ1) is 13.5. The first-order valence-corrected chi connectivity index (χ1v) is 9.46. The van der Waals surface area contributed by atoms with Crippen LogP contribution in [-0.2, 0) is 9.59 Å². The van der Waals surface area contributed by atoms with Crippen LogP contribution >= 0.6 is 0 Å². The van der Waals surface area contributed by atoms with Crippen LogP contribution in [0.1, 0.15) is 0 Å². The summed E-state index contributed by atoms with van der Waals surface area (Å²) < 4.78 is 13.2. The second-order valence-corrected chi connectivity index (χ2v) is 7.07. The molecule has 1 atom stereocenters. The number of piperazine rings is 1. The van der Waals surface area contributed by atoms with Crippen molar-refractivity contribution in [1.29, 1.82) is 0 Å². The van der Waals surface area contributed by atoms with Crippen LogP contribution in [0.15, 0.2) is 54.6 Å². The maximum Gasteiger partial charge on any atom is 0.279 e. The molecule has 0 aliphatic carbocycles. The number of quaternary nitrogens is 1. The second-order valence-electron chi connectivity index (χ2n) is 7.07. The maximum absolute atomic E-state index is 13.2. The number of nitrogens with one attached hydrogen (secondary N) is 2. The Morgan fingerprint density at radius 2 is 1.71 bits per heavy atom. The lowest BCUT2D eigenvalue weighted by molar-refractivity contribution is -0.862. The molecule has 0 aromatic heterocycles. The van der Waals surface area contributed by atoms with Crippen molar-refractivity contribution in [1.82, 2.24) is 4.90 Å². The molecule has 148 valence electrons. The van der Waals surface area contributed by atoms with Crippen LogP contribution in [0.3, 0.4) is 0 Å². The summed E-state index contributed by atoms with van der Waals surface area (Å²) in [7, 11) is 1.81. The van der Waals surface area contributed by atoms with Crippen molar-refractivity contribution in [3.8, 4) is 0 Å². The number of rotatable bonds is 6. The third-order valence-corrected chi connectivity index (χ3v) is 4.78. The summed E-state index contributed by atoms with van der Waals surface area (Å²) in [6.07, 6.45) is 0. The van der Waals surface area contributed by atoms with E-state index in [-0.39, 0.29) is 24.9 Å². The van der Waals surface area contributed by atoms with Gasteiger partial charge in [0.05, 0.1) is 7.05 Å². The number of hydrogen-bond acceptors (Lipinski definition) is 3. The smallest absolute Gasteiger partial charge is 0.279 e. The molecule has 1 aliphatic heterocycles. The molecule has 3 rings (SSSR count). The molecule has 1 fully saturated rings. The van der Waals surface area contributed by atoms with Gasteiger partial charge < -0.3 is 20.0 Å². The highest BCUT2D eigenvalue weighted by Crippen LogP contribution is 2.15. The number of amides is 2. The lowest BCUT2D eigenvalue weighted by Gasteiger charge is -2.36. The van der Waals surface area contributed by atoms with Gasteiger partial charge in [-0.15, -0.1) is 0 Å². The SMILES string of the molecule is C[NH+](CC(=O)Nc1cccc(F)c1)CC(=O)N1CCN(c2ccccc2)CC1. The van der Waals surface area contributed by atoms with Crippen LogP contribution < -0.4 is 15.1 Å². The third-order valence-electron chi connectivity index (χ3n) is 4.78. The molecule has 0 saturated carbocycles. The maximum atomic E-state index is 13.2. The predicted molar refractivity (Wildman–Crippen MR) is 107 cm³/mol. The summed E-state index contributed by atoms with van der Waals surface area (Å²) in [5.41, 5.74) is 1.59. The summed E-state index contributed by atoms with van der Waals surface area (Å²) >= 11 is 0. The Morgan fingerprint density at radius 3 is 2.39 bits per heavy atom. The minimum atomic E-state index is -0.400. The van der Waals surface area contributed by atoms with Crippen LogP contribution in [0.25, 0.3) is 0 Å². The van der Waals surface area contributed by atoms with Crippen molar-refractivity contribution >= 4 is 23.2 Å². The zero-order chi connectivity index (χ0) is 19.9. The van der Waals surface area contributed by atoms with E-state index in [2.05, 4.69) is 22.3 Å². The molecule has 0 spiro atoms. The van der Waals surface area contributed by atoms with Gasteiger partial charge in [0.2, 0.25) is 0 Å². The standard InChI is InChI=1S/C21H25FN4O2/c1-24(15-20(27)23-18-7-5-6-17(22)14-18)16-21(28)26-12-10-25(11-13-26)19-8-3-2-4-9-19/h2-9,14H,10-13,15-16H2,1H3,(H,23,27)/p+1. The largest absolute Gasteiger partial charge is 0.368 e. The highest BCUT2D eigenvalue weighted by Gasteiger charge is 2.24. The van der Waals surface area contributed by atoms with Crippen molar-refractivity contribution in [3.05, 3.63) is 60.4 Å². The Balaban J connectivity index is 1.42. The lowest BCUT2D eigenvalue weighted by Crippen LogP contribution is -3.11. The molecular formula is C21H26FN4O2+. The summed E-state index contributed by atoms with van der Waals surface area (Å²) in [4.78, 5) is 29.6. The molecule has 0 bridgehead atoms. The van der Waals surface area contributed by atoms with Crippen molar-refractivity contribution in [3.63, 3.8) is 0 Å². The molecule has 7 heteroatoms. The van der Waals surface area contributed by atoms with E-state index >= 15 is 0 Å². The minimum Gasteiger partial charge on any atom is -0.368 e. The first kappa shape index (κ1) is 19.8. The van der Waals surface area contributed by atoms with Crippen molar-refractivity contribution in [2.24, 2.45) is 0 Å². The molecule has 1 aliphatic rings. The van der Waals surface area contributed by atoms with Gasteiger partial charge in [-0.1, -0.05) is 24.3 Å². The Bertz CT molecular complexity index is 807. The topological polar surface area (TPSA) is 57.1 Å². The van der Waals surface area contributed by atoms with E-state index in [0.29, 0.717) is 18.8 Å². The Hall–Kier alpha value is -2.93. The van der Waals surface area contributed by atoms with Gasteiger partial charge in [-0.2, -0.15) is 0 Å². The van der Waals surface area contributed by atoms with E-state index in [1.165, 1.54) is 17.8 Å². The zero-order valence-corrected chi connectivity index (χ0v) is 16.0. The second kappa shape index (κ2) is 9.32. The van der Waals surface area contributed by atoms with E-state index in [9.17, 15) is 14.0 Å². The number of hydrogen-bond donors (Lipinski definition) is 2. The summed E-state index contributed by atoms with van der Waals surface area (Å²) in [5, 5.41) is 2.66. The van der Waals surface area contributed by atoms with Crippen LogP contribution in [0.2, 0.25) is 0 Å². The highest BCUT2D eigenvalue weighted by molar-refractivity contribution is 5.91. The molecule has 0 radical (unpaired) electrons. The van der Waals surface area contributed by atoms with Gasteiger partial charge in [0.15, 0.2) is 13.1 Å². The molecule has 1 heterocycles. The molecule has 2 N–H and O–H groups in total. The fourth-order valence-corrected chi connectivity index (χ4v) is 3.33. The van der Waals surface area contributed by atoms with Crippen molar-refractivity contribution in [2.75, 3.05) is 56.5 Å². The molecule has 1 saturated heterocycles. The van der Waals surface area contributed by atoms with E-state index in [4.69, 9.17) is 0 Å². The molecule has 2 aromatic rings. The fourth-order valence-electron chi connectivity index (χ4n) is 3.33. The lowest BCUT2D eigenvalue weighted by atomic mass is 10.2.